The highest BCUT2D eigenvalue weighted by atomic mass is 32.2. The third-order valence-corrected chi connectivity index (χ3v) is 3.90. The van der Waals surface area contributed by atoms with E-state index in [9.17, 15) is 5.11 Å². The third-order valence-electron chi connectivity index (χ3n) is 3.23. The molecule has 17 heavy (non-hydrogen) atoms. The molecule has 1 aromatic rings. The molecule has 1 aliphatic rings. The lowest BCUT2D eigenvalue weighted by Crippen LogP contribution is -2.29. The second-order valence-corrected chi connectivity index (χ2v) is 5.04. The first-order valence-corrected chi connectivity index (χ1v) is 6.91. The van der Waals surface area contributed by atoms with E-state index in [0.29, 0.717) is 16.4 Å². The van der Waals surface area contributed by atoms with Crippen molar-refractivity contribution < 1.29 is 5.11 Å². The predicted octanol–water partition coefficient (Wildman–Crippen LogP) is 1.53. The first-order valence-electron chi connectivity index (χ1n) is 5.69. The van der Waals surface area contributed by atoms with Gasteiger partial charge in [0.1, 0.15) is 22.5 Å². The van der Waals surface area contributed by atoms with Gasteiger partial charge in [-0.25, -0.2) is 4.68 Å². The number of rotatable bonds is 2. The Bertz CT molecular complexity index is 451. The Morgan fingerprint density at radius 2 is 2.24 bits per heavy atom. The van der Waals surface area contributed by atoms with Crippen LogP contribution >= 0.6 is 11.8 Å². The van der Waals surface area contributed by atoms with Crippen LogP contribution in [0.4, 0.5) is 5.82 Å². The minimum Gasteiger partial charge on any atom is -0.391 e. The highest BCUT2D eigenvalue weighted by molar-refractivity contribution is 7.98. The highest BCUT2D eigenvalue weighted by Gasteiger charge is 2.28. The lowest BCUT2D eigenvalue weighted by molar-refractivity contribution is 0.0700. The van der Waals surface area contributed by atoms with Crippen molar-refractivity contribution >= 4 is 17.6 Å². The molecule has 0 bridgehead atoms. The lowest BCUT2D eigenvalue weighted by atomic mass is 9.93. The number of thioether (sulfide) groups is 1. The molecule has 1 heterocycles. The minimum absolute atomic E-state index is 0.0863. The zero-order chi connectivity index (χ0) is 12.4. The number of nitrogens with two attached hydrogens (primary N) is 1. The summed E-state index contributed by atoms with van der Waals surface area (Å²) < 4.78 is 1.63. The highest BCUT2D eigenvalue weighted by Crippen LogP contribution is 2.33. The maximum absolute atomic E-state index is 9.99. The molecule has 0 saturated heterocycles. The third kappa shape index (κ3) is 2.13. The molecular formula is C11H16N4OS. The van der Waals surface area contributed by atoms with Gasteiger partial charge in [-0.1, -0.05) is 12.8 Å². The fourth-order valence-corrected chi connectivity index (χ4v) is 2.83. The Labute approximate surface area is 105 Å². The van der Waals surface area contributed by atoms with Crippen molar-refractivity contribution in [3.8, 4) is 6.07 Å². The Kier molecular flexibility index (Phi) is 3.60. The maximum Gasteiger partial charge on any atom is 0.141 e. The van der Waals surface area contributed by atoms with Gasteiger partial charge in [0.15, 0.2) is 0 Å². The van der Waals surface area contributed by atoms with Gasteiger partial charge in [0.25, 0.3) is 0 Å². The van der Waals surface area contributed by atoms with Gasteiger partial charge in [-0.05, 0) is 19.1 Å². The van der Waals surface area contributed by atoms with Crippen molar-refractivity contribution in [1.29, 1.82) is 5.26 Å². The first-order chi connectivity index (χ1) is 8.19. The minimum atomic E-state index is -0.410. The van der Waals surface area contributed by atoms with Crippen molar-refractivity contribution in [3.05, 3.63) is 5.56 Å². The molecule has 0 spiro atoms. The Morgan fingerprint density at radius 3 is 2.76 bits per heavy atom. The van der Waals surface area contributed by atoms with Crippen LogP contribution in [0, 0.1) is 11.3 Å². The molecule has 2 rings (SSSR count). The molecule has 2 unspecified atom stereocenters. The summed E-state index contributed by atoms with van der Waals surface area (Å²) in [6.07, 6.45) is 5.21. The van der Waals surface area contributed by atoms with E-state index in [1.807, 2.05) is 6.26 Å². The normalized spacial score (nSPS) is 24.5. The van der Waals surface area contributed by atoms with Crippen LogP contribution in [-0.2, 0) is 0 Å². The van der Waals surface area contributed by atoms with E-state index >= 15 is 0 Å². The van der Waals surface area contributed by atoms with Gasteiger partial charge in [-0.2, -0.15) is 10.4 Å². The zero-order valence-corrected chi connectivity index (χ0v) is 10.6. The van der Waals surface area contributed by atoms with Gasteiger partial charge in [-0.3, -0.25) is 0 Å². The van der Waals surface area contributed by atoms with E-state index in [1.165, 1.54) is 11.8 Å². The second kappa shape index (κ2) is 4.98. The van der Waals surface area contributed by atoms with E-state index in [-0.39, 0.29) is 6.04 Å². The Morgan fingerprint density at radius 1 is 1.53 bits per heavy atom. The molecule has 0 aliphatic heterocycles. The van der Waals surface area contributed by atoms with Crippen LogP contribution < -0.4 is 5.73 Å². The van der Waals surface area contributed by atoms with Crippen LogP contribution in [0.2, 0.25) is 0 Å². The van der Waals surface area contributed by atoms with Gasteiger partial charge in [-0.15, -0.1) is 11.8 Å². The van der Waals surface area contributed by atoms with Crippen molar-refractivity contribution in [1.82, 2.24) is 9.78 Å². The van der Waals surface area contributed by atoms with Crippen molar-refractivity contribution in [2.24, 2.45) is 0 Å². The van der Waals surface area contributed by atoms with Crippen LogP contribution in [0.5, 0.6) is 0 Å². The molecule has 3 N–H and O–H groups in total. The summed E-state index contributed by atoms with van der Waals surface area (Å²) in [5, 5.41) is 24.0. The van der Waals surface area contributed by atoms with E-state index in [4.69, 9.17) is 11.0 Å². The van der Waals surface area contributed by atoms with Crippen LogP contribution in [0.25, 0.3) is 0 Å². The SMILES string of the molecule is CSc1nn(C2CCCCC2O)c(N)c1C#N. The predicted molar refractivity (Wildman–Crippen MR) is 66.6 cm³/mol. The van der Waals surface area contributed by atoms with Gasteiger partial charge < -0.3 is 10.8 Å². The second-order valence-electron chi connectivity index (χ2n) is 4.25. The van der Waals surface area contributed by atoms with E-state index in [2.05, 4.69) is 11.2 Å². The first kappa shape index (κ1) is 12.3. The lowest BCUT2D eigenvalue weighted by Gasteiger charge is -2.28. The summed E-state index contributed by atoms with van der Waals surface area (Å²) in [5.74, 6) is 0.378. The number of aromatic nitrogens is 2. The molecule has 5 nitrogen and oxygen atoms in total. The summed E-state index contributed by atoms with van der Waals surface area (Å²) in [7, 11) is 0. The number of nitrogens with zero attached hydrogens (tertiary/aromatic N) is 3. The van der Waals surface area contributed by atoms with Crippen molar-refractivity contribution in [2.75, 3.05) is 12.0 Å². The summed E-state index contributed by atoms with van der Waals surface area (Å²) in [4.78, 5) is 0. The van der Waals surface area contributed by atoms with Gasteiger partial charge in [0.05, 0.1) is 12.1 Å². The number of aliphatic hydroxyl groups excluding tert-OH is 1. The summed E-state index contributed by atoms with van der Waals surface area (Å²) in [6.45, 7) is 0. The summed E-state index contributed by atoms with van der Waals surface area (Å²) in [6, 6.07) is 1.99. The average molecular weight is 252 g/mol. The molecule has 0 aromatic carbocycles. The van der Waals surface area contributed by atoms with Crippen molar-refractivity contribution in [3.63, 3.8) is 0 Å². The van der Waals surface area contributed by atoms with E-state index in [1.54, 1.807) is 4.68 Å². The van der Waals surface area contributed by atoms with Gasteiger partial charge in [0, 0.05) is 0 Å². The Hall–Kier alpha value is -1.19. The number of anilines is 1. The number of aliphatic hydroxyl groups is 1. The zero-order valence-electron chi connectivity index (χ0n) is 9.76. The van der Waals surface area contributed by atoms with E-state index in [0.717, 1.165) is 25.7 Å². The van der Waals surface area contributed by atoms with E-state index < -0.39 is 6.10 Å². The van der Waals surface area contributed by atoms with Crippen LogP contribution in [-0.4, -0.2) is 27.2 Å². The van der Waals surface area contributed by atoms with Gasteiger partial charge >= 0.3 is 0 Å². The number of hydrogen-bond donors (Lipinski definition) is 2. The standard InChI is InChI=1S/C11H16N4OS/c1-17-11-7(6-12)10(13)15(14-11)8-4-2-3-5-9(8)16/h8-9,16H,2-5,13H2,1H3. The maximum atomic E-state index is 9.99. The summed E-state index contributed by atoms with van der Waals surface area (Å²) >= 11 is 1.40. The van der Waals surface area contributed by atoms with Crippen molar-refractivity contribution in [2.45, 2.75) is 42.9 Å². The van der Waals surface area contributed by atoms with Crippen LogP contribution in [0.1, 0.15) is 37.3 Å². The fourth-order valence-electron chi connectivity index (χ4n) is 2.30. The molecule has 2 atom stereocenters. The number of nitrogen functional groups attached to an aromatic ring is 1. The molecule has 0 radical (unpaired) electrons. The molecule has 1 aromatic heterocycles. The molecular weight excluding hydrogens is 236 g/mol. The quantitative estimate of drug-likeness (QED) is 0.779. The smallest absolute Gasteiger partial charge is 0.141 e. The molecule has 0 amide bonds. The monoisotopic (exact) mass is 252 g/mol. The average Bonchev–Trinajstić information content (AvgIpc) is 2.66. The largest absolute Gasteiger partial charge is 0.391 e. The summed E-state index contributed by atoms with van der Waals surface area (Å²) in [5.41, 5.74) is 6.36. The molecule has 6 heteroatoms. The van der Waals surface area contributed by atoms with Crippen LogP contribution in [0.15, 0.2) is 5.03 Å². The Balaban J connectivity index is 2.38. The van der Waals surface area contributed by atoms with Gasteiger partial charge in [0.2, 0.25) is 0 Å². The molecule has 1 fully saturated rings. The fraction of sp³-hybridized carbons (Fsp3) is 0.636. The van der Waals surface area contributed by atoms with Crippen LogP contribution in [0.3, 0.4) is 0 Å². The molecule has 92 valence electrons. The number of nitriles is 1. The molecule has 1 aliphatic carbocycles. The molecule has 1 saturated carbocycles. The number of hydrogen-bond acceptors (Lipinski definition) is 5. The topological polar surface area (TPSA) is 87.9 Å².